The molecule has 1 atom stereocenters. The zero-order chi connectivity index (χ0) is 16.0. The Hall–Kier alpha value is -1.73. The Labute approximate surface area is 133 Å². The highest BCUT2D eigenvalue weighted by Gasteiger charge is 2.38. The number of methoxy groups -OCH3 is 1. The number of rotatable bonds is 7. The molecule has 1 aliphatic heterocycles. The van der Waals surface area contributed by atoms with E-state index in [4.69, 9.17) is 14.6 Å². The summed E-state index contributed by atoms with van der Waals surface area (Å²) < 4.78 is 10.3. The average molecular weight is 325 g/mol. The van der Waals surface area contributed by atoms with E-state index in [-0.39, 0.29) is 24.7 Å². The molecule has 0 aliphatic carbocycles. The lowest BCUT2D eigenvalue weighted by molar-refractivity contribution is -0.139. The van der Waals surface area contributed by atoms with Crippen molar-refractivity contribution in [3.8, 4) is 5.75 Å². The predicted octanol–water partition coefficient (Wildman–Crippen LogP) is 1.54. The number of hydrogen-bond donors (Lipinski definition) is 2. The maximum Gasteiger partial charge on any atom is 0.305 e. The zero-order valence-corrected chi connectivity index (χ0v) is 13.1. The van der Waals surface area contributed by atoms with Crippen molar-refractivity contribution in [1.82, 2.24) is 5.32 Å². The van der Waals surface area contributed by atoms with Crippen LogP contribution in [-0.4, -0.2) is 48.6 Å². The molecule has 0 aromatic heterocycles. The summed E-state index contributed by atoms with van der Waals surface area (Å²) in [6, 6.07) is 7.42. The number of carbonyl (C=O) groups is 2. The van der Waals surface area contributed by atoms with Crippen molar-refractivity contribution in [2.24, 2.45) is 0 Å². The van der Waals surface area contributed by atoms with Gasteiger partial charge < -0.3 is 19.9 Å². The Kier molecular flexibility index (Phi) is 5.68. The van der Waals surface area contributed by atoms with E-state index >= 15 is 0 Å². The van der Waals surface area contributed by atoms with Crippen LogP contribution in [0, 0.1) is 0 Å². The molecule has 22 heavy (non-hydrogen) atoms. The molecule has 6 nitrogen and oxygen atoms in total. The molecular weight excluding hydrogens is 306 g/mol. The van der Waals surface area contributed by atoms with Gasteiger partial charge >= 0.3 is 5.97 Å². The number of thioether (sulfide) groups is 1. The first kappa shape index (κ1) is 16.6. The van der Waals surface area contributed by atoms with E-state index in [2.05, 4.69) is 5.32 Å². The number of carboxylic acid groups (broad SMARTS) is 1. The highest BCUT2D eigenvalue weighted by atomic mass is 32.2. The van der Waals surface area contributed by atoms with Gasteiger partial charge in [0.25, 0.3) is 0 Å². The first-order valence-corrected chi connectivity index (χ1v) is 7.89. The van der Waals surface area contributed by atoms with E-state index < -0.39 is 11.5 Å². The third-order valence-electron chi connectivity index (χ3n) is 3.43. The fourth-order valence-corrected chi connectivity index (χ4v) is 3.03. The molecule has 2 N–H and O–H groups in total. The number of aliphatic carboxylic acids is 1. The molecule has 1 heterocycles. The van der Waals surface area contributed by atoms with Crippen LogP contribution in [0.25, 0.3) is 0 Å². The maximum atomic E-state index is 12.1. The van der Waals surface area contributed by atoms with Gasteiger partial charge in [0.1, 0.15) is 5.75 Å². The van der Waals surface area contributed by atoms with Gasteiger partial charge in [0.2, 0.25) is 5.91 Å². The monoisotopic (exact) mass is 325 g/mol. The summed E-state index contributed by atoms with van der Waals surface area (Å²) in [4.78, 5) is 24.0. The second-order valence-electron chi connectivity index (χ2n) is 5.17. The summed E-state index contributed by atoms with van der Waals surface area (Å²) in [5, 5.41) is 11.8. The molecule has 7 heteroatoms. The van der Waals surface area contributed by atoms with E-state index in [1.54, 1.807) is 7.11 Å². The van der Waals surface area contributed by atoms with Crippen molar-refractivity contribution < 1.29 is 24.2 Å². The molecule has 1 unspecified atom stereocenters. The molecule has 1 fully saturated rings. The van der Waals surface area contributed by atoms with Gasteiger partial charge in [-0.05, 0) is 30.7 Å². The first-order chi connectivity index (χ1) is 10.5. The third-order valence-corrected chi connectivity index (χ3v) is 4.44. The molecular formula is C15H19NO5S. The Morgan fingerprint density at radius 1 is 1.41 bits per heavy atom. The molecule has 1 amide bonds. The lowest BCUT2D eigenvalue weighted by Crippen LogP contribution is -2.51. The maximum absolute atomic E-state index is 12.1. The van der Waals surface area contributed by atoms with Crippen LogP contribution in [0.5, 0.6) is 5.75 Å². The summed E-state index contributed by atoms with van der Waals surface area (Å²) >= 11 is 1.39. The lowest BCUT2D eigenvalue weighted by Gasteiger charge is -2.26. The Morgan fingerprint density at radius 2 is 2.14 bits per heavy atom. The smallest absolute Gasteiger partial charge is 0.305 e. The zero-order valence-electron chi connectivity index (χ0n) is 12.3. The number of hydrogen-bond acceptors (Lipinski definition) is 5. The van der Waals surface area contributed by atoms with Crippen molar-refractivity contribution in [3.63, 3.8) is 0 Å². The van der Waals surface area contributed by atoms with Crippen LogP contribution in [0.3, 0.4) is 0 Å². The van der Waals surface area contributed by atoms with E-state index in [1.165, 1.54) is 11.8 Å². The lowest BCUT2D eigenvalue weighted by atomic mass is 9.94. The van der Waals surface area contributed by atoms with E-state index in [0.29, 0.717) is 13.0 Å². The minimum atomic E-state index is -0.936. The number of benzene rings is 1. The van der Waals surface area contributed by atoms with Crippen molar-refractivity contribution >= 4 is 23.6 Å². The topological polar surface area (TPSA) is 84.9 Å². The van der Waals surface area contributed by atoms with E-state index in [1.807, 2.05) is 24.3 Å². The van der Waals surface area contributed by atoms with Crippen molar-refractivity contribution in [2.45, 2.75) is 23.3 Å². The van der Waals surface area contributed by atoms with Crippen LogP contribution in [0.1, 0.15) is 12.8 Å². The van der Waals surface area contributed by atoms with Gasteiger partial charge in [-0.15, -0.1) is 11.8 Å². The van der Waals surface area contributed by atoms with Gasteiger partial charge in [-0.25, -0.2) is 0 Å². The fourth-order valence-electron chi connectivity index (χ4n) is 2.33. The molecule has 1 saturated heterocycles. The van der Waals surface area contributed by atoms with Crippen LogP contribution in [0.15, 0.2) is 29.2 Å². The summed E-state index contributed by atoms with van der Waals surface area (Å²) in [5.41, 5.74) is -0.774. The van der Waals surface area contributed by atoms with Crippen molar-refractivity contribution in [3.05, 3.63) is 24.3 Å². The third kappa shape index (κ3) is 4.64. The number of ether oxygens (including phenoxy) is 2. The Balaban J connectivity index is 1.86. The molecule has 2 rings (SSSR count). The highest BCUT2D eigenvalue weighted by molar-refractivity contribution is 8.00. The van der Waals surface area contributed by atoms with Gasteiger partial charge in [-0.2, -0.15) is 0 Å². The second kappa shape index (κ2) is 7.51. The van der Waals surface area contributed by atoms with E-state index in [9.17, 15) is 9.59 Å². The summed E-state index contributed by atoms with van der Waals surface area (Å²) in [5.74, 6) is -0.133. The van der Waals surface area contributed by atoms with E-state index in [0.717, 1.165) is 10.6 Å². The largest absolute Gasteiger partial charge is 0.497 e. The van der Waals surface area contributed by atoms with Crippen LogP contribution >= 0.6 is 11.8 Å². The van der Waals surface area contributed by atoms with Gasteiger partial charge in [-0.3, -0.25) is 9.59 Å². The molecule has 0 radical (unpaired) electrons. The van der Waals surface area contributed by atoms with Gasteiger partial charge in [0.05, 0.1) is 31.4 Å². The molecule has 1 aliphatic rings. The first-order valence-electron chi connectivity index (χ1n) is 6.90. The molecule has 0 spiro atoms. The molecule has 120 valence electrons. The van der Waals surface area contributed by atoms with Crippen molar-refractivity contribution in [2.75, 3.05) is 26.1 Å². The molecule has 1 aromatic carbocycles. The minimum absolute atomic E-state index is 0.119. The standard InChI is InChI=1S/C15H19NO5S/c1-20-11-2-4-12(5-3-11)22-9-13(17)16-15(8-14(18)19)6-7-21-10-15/h2-5H,6-10H2,1H3,(H,16,17)(H,18,19). The van der Waals surface area contributed by atoms with Gasteiger partial charge in [-0.1, -0.05) is 0 Å². The predicted molar refractivity (Wildman–Crippen MR) is 82.3 cm³/mol. The second-order valence-corrected chi connectivity index (χ2v) is 6.21. The number of carbonyl (C=O) groups excluding carboxylic acids is 1. The molecule has 0 bridgehead atoms. The SMILES string of the molecule is COc1ccc(SCC(=O)NC2(CC(=O)O)CCOC2)cc1. The van der Waals surface area contributed by atoms with Crippen LogP contribution in [0.2, 0.25) is 0 Å². The Morgan fingerprint density at radius 3 is 2.68 bits per heavy atom. The van der Waals surface area contributed by atoms with Crippen LogP contribution < -0.4 is 10.1 Å². The normalized spacial score (nSPS) is 20.6. The van der Waals surface area contributed by atoms with Gasteiger partial charge in [0.15, 0.2) is 0 Å². The van der Waals surface area contributed by atoms with Crippen LogP contribution in [-0.2, 0) is 14.3 Å². The number of carboxylic acids is 1. The van der Waals surface area contributed by atoms with Crippen molar-refractivity contribution in [1.29, 1.82) is 0 Å². The Bertz CT molecular complexity index is 525. The summed E-state index contributed by atoms with van der Waals surface area (Å²) in [6.07, 6.45) is 0.407. The fraction of sp³-hybridized carbons (Fsp3) is 0.467. The summed E-state index contributed by atoms with van der Waals surface area (Å²) in [6.45, 7) is 0.720. The molecule has 1 aromatic rings. The minimum Gasteiger partial charge on any atom is -0.497 e. The highest BCUT2D eigenvalue weighted by Crippen LogP contribution is 2.24. The number of nitrogens with one attached hydrogen (secondary N) is 1. The number of amides is 1. The van der Waals surface area contributed by atoms with Gasteiger partial charge in [0, 0.05) is 11.5 Å². The molecule has 0 saturated carbocycles. The quantitative estimate of drug-likeness (QED) is 0.740. The average Bonchev–Trinajstić information content (AvgIpc) is 2.92. The summed E-state index contributed by atoms with van der Waals surface area (Å²) in [7, 11) is 1.60. The van der Waals surface area contributed by atoms with Crippen LogP contribution in [0.4, 0.5) is 0 Å².